The van der Waals surface area contributed by atoms with E-state index in [9.17, 15) is 18.0 Å². The van der Waals surface area contributed by atoms with Crippen molar-refractivity contribution >= 4 is 5.91 Å². The van der Waals surface area contributed by atoms with Gasteiger partial charge in [-0.05, 0) is 17.7 Å². The van der Waals surface area contributed by atoms with E-state index in [-0.39, 0.29) is 6.54 Å². The van der Waals surface area contributed by atoms with Gasteiger partial charge in [0.25, 0.3) is 0 Å². The van der Waals surface area contributed by atoms with Crippen LogP contribution in [0, 0.1) is 11.3 Å². The molecule has 0 bridgehead atoms. The number of nitriles is 1. The van der Waals surface area contributed by atoms with Crippen molar-refractivity contribution in [3.63, 3.8) is 0 Å². The summed E-state index contributed by atoms with van der Waals surface area (Å²) in [6, 6.07) is 7.77. The Morgan fingerprint density at radius 2 is 1.78 bits per heavy atom. The van der Waals surface area contributed by atoms with Crippen LogP contribution in [-0.2, 0) is 11.3 Å². The molecule has 3 nitrogen and oxygen atoms in total. The van der Waals surface area contributed by atoms with E-state index in [1.165, 1.54) is 24.3 Å². The van der Waals surface area contributed by atoms with Crippen LogP contribution in [0.1, 0.15) is 25.0 Å². The number of carbonyl (C=O) groups is 1. The molecule has 0 unspecified atom stereocenters. The number of carbonyl (C=O) groups excluding carboxylic acids is 1. The minimum absolute atomic E-state index is 0.218. The standard InChI is InChI=1S/C10H7F3N2O.C2H6/c11-10(12,13)9(16)15-6-8-3-1-7(5-14)2-4-8;1-2/h1-4H,6H2,(H,15,16);1-2H3. The maximum atomic E-state index is 11.8. The molecule has 0 aliphatic rings. The van der Waals surface area contributed by atoms with Crippen LogP contribution in [0.25, 0.3) is 0 Å². The van der Waals surface area contributed by atoms with Gasteiger partial charge < -0.3 is 5.32 Å². The van der Waals surface area contributed by atoms with Crippen molar-refractivity contribution < 1.29 is 18.0 Å². The summed E-state index contributed by atoms with van der Waals surface area (Å²) in [5.41, 5.74) is 0.905. The lowest BCUT2D eigenvalue weighted by molar-refractivity contribution is -0.173. The van der Waals surface area contributed by atoms with E-state index in [2.05, 4.69) is 0 Å². The van der Waals surface area contributed by atoms with Crippen LogP contribution in [0.4, 0.5) is 13.2 Å². The average Bonchev–Trinajstić information content (AvgIpc) is 2.37. The lowest BCUT2D eigenvalue weighted by Crippen LogP contribution is -2.36. The van der Waals surface area contributed by atoms with Crippen molar-refractivity contribution in [3.8, 4) is 6.07 Å². The van der Waals surface area contributed by atoms with Crippen LogP contribution in [-0.4, -0.2) is 12.1 Å². The monoisotopic (exact) mass is 258 g/mol. The van der Waals surface area contributed by atoms with Gasteiger partial charge in [-0.25, -0.2) is 0 Å². The van der Waals surface area contributed by atoms with Crippen molar-refractivity contribution in [2.24, 2.45) is 0 Å². The zero-order valence-corrected chi connectivity index (χ0v) is 10.0. The first-order valence-corrected chi connectivity index (χ1v) is 5.27. The second-order valence-electron chi connectivity index (χ2n) is 2.99. The van der Waals surface area contributed by atoms with Gasteiger partial charge in [-0.1, -0.05) is 26.0 Å². The maximum Gasteiger partial charge on any atom is 0.471 e. The summed E-state index contributed by atoms with van der Waals surface area (Å²) in [6.07, 6.45) is -4.87. The molecular formula is C12H13F3N2O. The number of hydrogen-bond acceptors (Lipinski definition) is 2. The van der Waals surface area contributed by atoms with Gasteiger partial charge in [-0.3, -0.25) is 4.79 Å². The van der Waals surface area contributed by atoms with Gasteiger partial charge in [0.15, 0.2) is 0 Å². The van der Waals surface area contributed by atoms with Crippen LogP contribution in [0.3, 0.4) is 0 Å². The third-order valence-electron chi connectivity index (χ3n) is 1.79. The van der Waals surface area contributed by atoms with Crippen molar-refractivity contribution in [2.45, 2.75) is 26.6 Å². The molecule has 98 valence electrons. The highest BCUT2D eigenvalue weighted by Crippen LogP contribution is 2.14. The van der Waals surface area contributed by atoms with Gasteiger partial charge in [0.05, 0.1) is 11.6 Å². The first kappa shape index (κ1) is 16.0. The van der Waals surface area contributed by atoms with E-state index in [1.807, 2.05) is 19.9 Å². The summed E-state index contributed by atoms with van der Waals surface area (Å²) in [4.78, 5) is 10.5. The number of halogens is 3. The summed E-state index contributed by atoms with van der Waals surface area (Å²) < 4.78 is 35.4. The zero-order chi connectivity index (χ0) is 14.2. The van der Waals surface area contributed by atoms with E-state index >= 15 is 0 Å². The Labute approximate surface area is 103 Å². The van der Waals surface area contributed by atoms with Crippen molar-refractivity contribution in [1.29, 1.82) is 5.26 Å². The highest BCUT2D eigenvalue weighted by Gasteiger charge is 2.38. The summed E-state index contributed by atoms with van der Waals surface area (Å²) in [7, 11) is 0. The number of hydrogen-bond donors (Lipinski definition) is 1. The quantitative estimate of drug-likeness (QED) is 0.886. The molecule has 1 aromatic carbocycles. The molecule has 1 N–H and O–H groups in total. The van der Waals surface area contributed by atoms with Crippen molar-refractivity contribution in [3.05, 3.63) is 35.4 Å². The van der Waals surface area contributed by atoms with Gasteiger partial charge in [0, 0.05) is 6.54 Å². The number of nitrogens with one attached hydrogen (secondary N) is 1. The van der Waals surface area contributed by atoms with Crippen LogP contribution < -0.4 is 5.32 Å². The average molecular weight is 258 g/mol. The third-order valence-corrected chi connectivity index (χ3v) is 1.79. The number of benzene rings is 1. The summed E-state index contributed by atoms with van der Waals surface area (Å²) in [5, 5.41) is 10.2. The van der Waals surface area contributed by atoms with Gasteiger partial charge in [0.2, 0.25) is 0 Å². The molecule has 0 spiro atoms. The molecule has 6 heteroatoms. The van der Waals surface area contributed by atoms with Crippen LogP contribution in [0.5, 0.6) is 0 Å². The van der Waals surface area contributed by atoms with Gasteiger partial charge >= 0.3 is 12.1 Å². The van der Waals surface area contributed by atoms with Gasteiger partial charge in [-0.2, -0.15) is 18.4 Å². The second-order valence-corrected chi connectivity index (χ2v) is 2.99. The van der Waals surface area contributed by atoms with Crippen molar-refractivity contribution in [1.82, 2.24) is 5.32 Å². The van der Waals surface area contributed by atoms with E-state index in [4.69, 9.17) is 5.26 Å². The summed E-state index contributed by atoms with van der Waals surface area (Å²) >= 11 is 0. The lowest BCUT2D eigenvalue weighted by Gasteiger charge is -2.07. The van der Waals surface area contributed by atoms with E-state index in [0.717, 1.165) is 0 Å². The van der Waals surface area contributed by atoms with Crippen LogP contribution >= 0.6 is 0 Å². The first-order valence-electron chi connectivity index (χ1n) is 5.27. The molecule has 0 aliphatic heterocycles. The third kappa shape index (κ3) is 5.34. The predicted octanol–water partition coefficient (Wildman–Crippen LogP) is 2.76. The molecule has 0 saturated heterocycles. The fraction of sp³-hybridized carbons (Fsp3) is 0.333. The van der Waals surface area contributed by atoms with E-state index < -0.39 is 12.1 Å². The number of nitrogens with zero attached hydrogens (tertiary/aromatic N) is 1. The smallest absolute Gasteiger partial charge is 0.344 e. The molecule has 1 aromatic rings. The zero-order valence-electron chi connectivity index (χ0n) is 10.0. The normalized spacial score (nSPS) is 9.78. The Balaban J connectivity index is 0.00000137. The second kappa shape index (κ2) is 7.33. The molecule has 0 saturated carbocycles. The molecule has 0 aliphatic carbocycles. The SMILES string of the molecule is CC.N#Cc1ccc(CNC(=O)C(F)(F)F)cc1. The highest BCUT2D eigenvalue weighted by atomic mass is 19.4. The largest absolute Gasteiger partial charge is 0.471 e. The van der Waals surface area contributed by atoms with Crippen LogP contribution in [0.2, 0.25) is 0 Å². The molecule has 18 heavy (non-hydrogen) atoms. The minimum Gasteiger partial charge on any atom is -0.344 e. The van der Waals surface area contributed by atoms with E-state index in [1.54, 1.807) is 5.32 Å². The minimum atomic E-state index is -4.87. The Hall–Kier alpha value is -2.03. The number of rotatable bonds is 2. The predicted molar refractivity (Wildman–Crippen MR) is 60.4 cm³/mol. The molecule has 0 fully saturated rings. The lowest BCUT2D eigenvalue weighted by atomic mass is 10.1. The molecular weight excluding hydrogens is 245 g/mol. The highest BCUT2D eigenvalue weighted by molar-refractivity contribution is 5.81. The van der Waals surface area contributed by atoms with Gasteiger partial charge in [0.1, 0.15) is 0 Å². The maximum absolute atomic E-state index is 11.8. The number of amides is 1. The summed E-state index contributed by atoms with van der Waals surface area (Å²) in [5.74, 6) is -1.98. The molecule has 1 amide bonds. The Morgan fingerprint density at radius 3 is 2.17 bits per heavy atom. The van der Waals surface area contributed by atoms with Crippen molar-refractivity contribution in [2.75, 3.05) is 0 Å². The molecule has 0 radical (unpaired) electrons. The Morgan fingerprint density at radius 1 is 1.28 bits per heavy atom. The fourth-order valence-corrected chi connectivity index (χ4v) is 0.980. The topological polar surface area (TPSA) is 52.9 Å². The fourth-order valence-electron chi connectivity index (χ4n) is 0.980. The number of alkyl halides is 3. The van der Waals surface area contributed by atoms with Crippen LogP contribution in [0.15, 0.2) is 24.3 Å². The summed E-state index contributed by atoms with van der Waals surface area (Å²) in [6.45, 7) is 3.78. The first-order chi connectivity index (χ1) is 8.43. The van der Waals surface area contributed by atoms with E-state index in [0.29, 0.717) is 11.1 Å². The molecule has 0 aromatic heterocycles. The Bertz CT molecular complexity index is 418. The Kier molecular flexibility index (Phi) is 6.50. The van der Waals surface area contributed by atoms with Gasteiger partial charge in [-0.15, -0.1) is 0 Å². The molecule has 0 atom stereocenters. The molecule has 1 rings (SSSR count). The molecule has 0 heterocycles.